The van der Waals surface area contributed by atoms with Gasteiger partial charge in [0, 0.05) is 18.7 Å². The van der Waals surface area contributed by atoms with Gasteiger partial charge in [-0.25, -0.2) is 0 Å². The molecule has 0 unspecified atom stereocenters. The number of para-hydroxylation sites is 1. The Labute approximate surface area is 178 Å². The fourth-order valence-corrected chi connectivity index (χ4v) is 3.68. The molecule has 1 heterocycles. The number of ether oxygens (including phenoxy) is 2. The predicted molar refractivity (Wildman–Crippen MR) is 119 cm³/mol. The molecule has 1 aliphatic rings. The maximum absolute atomic E-state index is 13.1. The topological polar surface area (TPSA) is 42.0 Å². The number of nitrogens with zero attached hydrogens (tertiary/aromatic N) is 2. The summed E-state index contributed by atoms with van der Waals surface area (Å²) in [6, 6.07) is 13.1. The first-order valence-corrected chi connectivity index (χ1v) is 10.2. The fraction of sp³-hybridized carbons (Fsp3) is 0.238. The van der Waals surface area contributed by atoms with Crippen molar-refractivity contribution < 1.29 is 14.3 Å². The summed E-state index contributed by atoms with van der Waals surface area (Å²) in [5, 5.41) is 0.436. The molecule has 3 rings (SSSR count). The molecule has 1 fully saturated rings. The third-order valence-corrected chi connectivity index (χ3v) is 5.31. The molecule has 5 nitrogen and oxygen atoms in total. The van der Waals surface area contributed by atoms with Crippen LogP contribution in [0.2, 0.25) is 0 Å². The maximum Gasteiger partial charge on any atom is 0.281 e. The van der Waals surface area contributed by atoms with E-state index in [1.165, 1.54) is 4.90 Å². The van der Waals surface area contributed by atoms with Crippen LogP contribution >= 0.6 is 28.1 Å². The second-order valence-electron chi connectivity index (χ2n) is 6.03. The van der Waals surface area contributed by atoms with E-state index in [4.69, 9.17) is 21.7 Å². The van der Waals surface area contributed by atoms with Crippen molar-refractivity contribution >= 4 is 50.9 Å². The first-order chi connectivity index (χ1) is 13.5. The number of thiocarbonyl (C=S) groups is 1. The van der Waals surface area contributed by atoms with Crippen LogP contribution < -0.4 is 14.4 Å². The molecule has 1 aliphatic heterocycles. The van der Waals surface area contributed by atoms with E-state index >= 15 is 0 Å². The Hall–Kier alpha value is -2.38. The molecular formula is C21H21BrN2O3S. The summed E-state index contributed by atoms with van der Waals surface area (Å²) in [5.74, 6) is 1.17. The Kier molecular flexibility index (Phi) is 6.36. The zero-order valence-corrected chi connectivity index (χ0v) is 18.3. The van der Waals surface area contributed by atoms with E-state index in [-0.39, 0.29) is 5.91 Å². The van der Waals surface area contributed by atoms with Gasteiger partial charge >= 0.3 is 0 Å². The van der Waals surface area contributed by atoms with E-state index in [0.29, 0.717) is 35.5 Å². The molecule has 0 aliphatic carbocycles. The van der Waals surface area contributed by atoms with Gasteiger partial charge in [0.1, 0.15) is 17.2 Å². The number of anilines is 1. The van der Waals surface area contributed by atoms with E-state index in [1.807, 2.05) is 56.3 Å². The fourth-order valence-electron chi connectivity index (χ4n) is 2.92. The SMILES string of the molecule is CCOc1cc(OCC)c(C=C2C(=O)N(c3ccccc3)C(=S)N2C)cc1Br. The molecule has 0 atom stereocenters. The molecule has 28 heavy (non-hydrogen) atoms. The smallest absolute Gasteiger partial charge is 0.281 e. The van der Waals surface area contributed by atoms with Crippen LogP contribution in [0.15, 0.2) is 52.6 Å². The normalized spacial score (nSPS) is 15.5. The molecule has 0 aromatic heterocycles. The van der Waals surface area contributed by atoms with Crippen LogP contribution in [0.1, 0.15) is 19.4 Å². The molecular weight excluding hydrogens is 440 g/mol. The van der Waals surface area contributed by atoms with Crippen LogP contribution in [0.5, 0.6) is 11.5 Å². The van der Waals surface area contributed by atoms with Crippen molar-refractivity contribution in [1.82, 2.24) is 4.90 Å². The van der Waals surface area contributed by atoms with Gasteiger partial charge in [-0.15, -0.1) is 0 Å². The maximum atomic E-state index is 13.1. The predicted octanol–water partition coefficient (Wildman–Crippen LogP) is 4.85. The van der Waals surface area contributed by atoms with Gasteiger partial charge in [-0.2, -0.15) is 0 Å². The lowest BCUT2D eigenvalue weighted by Crippen LogP contribution is -2.30. The van der Waals surface area contributed by atoms with Crippen LogP contribution in [0.3, 0.4) is 0 Å². The van der Waals surface area contributed by atoms with Gasteiger partial charge in [0.25, 0.3) is 5.91 Å². The number of amides is 1. The lowest BCUT2D eigenvalue weighted by molar-refractivity contribution is -0.114. The molecule has 0 radical (unpaired) electrons. The highest BCUT2D eigenvalue weighted by atomic mass is 79.9. The Balaban J connectivity index is 2.04. The van der Waals surface area contributed by atoms with Crippen molar-refractivity contribution in [3.8, 4) is 11.5 Å². The lowest BCUT2D eigenvalue weighted by Gasteiger charge is -2.16. The highest BCUT2D eigenvalue weighted by Crippen LogP contribution is 2.36. The summed E-state index contributed by atoms with van der Waals surface area (Å²) >= 11 is 9.04. The molecule has 0 saturated carbocycles. The Morgan fingerprint density at radius 2 is 1.71 bits per heavy atom. The number of hydrogen-bond donors (Lipinski definition) is 0. The van der Waals surface area contributed by atoms with Crippen molar-refractivity contribution in [1.29, 1.82) is 0 Å². The van der Waals surface area contributed by atoms with Crippen molar-refractivity contribution in [3.05, 3.63) is 58.2 Å². The molecule has 0 bridgehead atoms. The summed E-state index contributed by atoms with van der Waals surface area (Å²) in [6.07, 6.45) is 1.79. The van der Waals surface area contributed by atoms with Gasteiger partial charge in [-0.05, 0) is 66.3 Å². The van der Waals surface area contributed by atoms with E-state index in [9.17, 15) is 4.79 Å². The average molecular weight is 461 g/mol. The molecule has 1 amide bonds. The van der Waals surface area contributed by atoms with E-state index in [1.54, 1.807) is 18.0 Å². The van der Waals surface area contributed by atoms with Crippen LogP contribution in [0.25, 0.3) is 6.08 Å². The highest BCUT2D eigenvalue weighted by Gasteiger charge is 2.36. The van der Waals surface area contributed by atoms with Crippen LogP contribution in [0.4, 0.5) is 5.69 Å². The van der Waals surface area contributed by atoms with E-state index in [2.05, 4.69) is 15.9 Å². The standard InChI is InChI=1S/C21H21BrN2O3S/c1-4-26-18-13-19(27-5-2)16(22)11-14(18)12-17-20(25)24(21(28)23(17)3)15-9-7-6-8-10-15/h6-13H,4-5H2,1-3H3. The van der Waals surface area contributed by atoms with Crippen LogP contribution in [-0.4, -0.2) is 36.2 Å². The van der Waals surface area contributed by atoms with Crippen molar-refractivity contribution in [3.63, 3.8) is 0 Å². The Morgan fingerprint density at radius 1 is 1.07 bits per heavy atom. The van der Waals surface area contributed by atoms with Crippen molar-refractivity contribution in [2.75, 3.05) is 25.2 Å². The van der Waals surface area contributed by atoms with E-state index < -0.39 is 0 Å². The van der Waals surface area contributed by atoms with Gasteiger partial charge in [0.05, 0.1) is 23.4 Å². The number of likely N-dealkylation sites (N-methyl/N-ethyl adjacent to an activating group) is 1. The lowest BCUT2D eigenvalue weighted by atomic mass is 10.1. The molecule has 1 saturated heterocycles. The number of hydrogen-bond acceptors (Lipinski definition) is 4. The Morgan fingerprint density at radius 3 is 2.36 bits per heavy atom. The van der Waals surface area contributed by atoms with Crippen molar-refractivity contribution in [2.24, 2.45) is 0 Å². The zero-order chi connectivity index (χ0) is 20.3. The minimum Gasteiger partial charge on any atom is -0.493 e. The first-order valence-electron chi connectivity index (χ1n) is 8.96. The third kappa shape index (κ3) is 3.91. The number of benzene rings is 2. The van der Waals surface area contributed by atoms with Crippen molar-refractivity contribution in [2.45, 2.75) is 13.8 Å². The van der Waals surface area contributed by atoms with Crippen LogP contribution in [-0.2, 0) is 4.79 Å². The number of rotatable bonds is 6. The van der Waals surface area contributed by atoms with Gasteiger partial charge in [0.15, 0.2) is 5.11 Å². The molecule has 2 aromatic rings. The summed E-state index contributed by atoms with van der Waals surface area (Å²) in [4.78, 5) is 16.4. The number of halogens is 1. The molecule has 146 valence electrons. The molecule has 7 heteroatoms. The van der Waals surface area contributed by atoms with E-state index in [0.717, 1.165) is 15.7 Å². The quantitative estimate of drug-likeness (QED) is 0.455. The largest absolute Gasteiger partial charge is 0.493 e. The highest BCUT2D eigenvalue weighted by molar-refractivity contribution is 9.10. The molecule has 0 N–H and O–H groups in total. The Bertz CT molecular complexity index is 931. The minimum atomic E-state index is -0.175. The number of carbonyl (C=O) groups excluding carboxylic acids is 1. The van der Waals surface area contributed by atoms with Crippen LogP contribution in [0, 0.1) is 0 Å². The summed E-state index contributed by atoms with van der Waals surface area (Å²) in [7, 11) is 1.79. The average Bonchev–Trinajstić information content (AvgIpc) is 2.89. The monoisotopic (exact) mass is 460 g/mol. The summed E-state index contributed by atoms with van der Waals surface area (Å²) in [6.45, 7) is 4.89. The van der Waals surface area contributed by atoms with Gasteiger partial charge in [-0.1, -0.05) is 18.2 Å². The second kappa shape index (κ2) is 8.75. The van der Waals surface area contributed by atoms with Gasteiger partial charge < -0.3 is 14.4 Å². The summed E-state index contributed by atoms with van der Waals surface area (Å²) in [5.41, 5.74) is 1.99. The zero-order valence-electron chi connectivity index (χ0n) is 15.9. The third-order valence-electron chi connectivity index (χ3n) is 4.23. The van der Waals surface area contributed by atoms with Gasteiger partial charge in [0.2, 0.25) is 0 Å². The molecule has 0 spiro atoms. The first kappa shape index (κ1) is 20.4. The second-order valence-corrected chi connectivity index (χ2v) is 7.25. The number of carbonyl (C=O) groups is 1. The minimum absolute atomic E-state index is 0.175. The summed E-state index contributed by atoms with van der Waals surface area (Å²) < 4.78 is 12.2. The molecule has 2 aromatic carbocycles. The van der Waals surface area contributed by atoms with Gasteiger partial charge in [-0.3, -0.25) is 9.69 Å².